The largest absolute Gasteiger partial charge is 0.462 e. The molecule has 0 aromatic heterocycles. The van der Waals surface area contributed by atoms with Gasteiger partial charge in [0.1, 0.15) is 6.61 Å². The topological polar surface area (TPSA) is 72.8 Å². The third kappa shape index (κ3) is 77.1. The first-order valence-electron chi connectivity index (χ1n) is 36.2. The lowest BCUT2D eigenvalue weighted by molar-refractivity contribution is -0.161. The second-order valence-electron chi connectivity index (χ2n) is 22.5. The van der Waals surface area contributed by atoms with Crippen LogP contribution in [-0.2, 0) is 19.1 Å². The summed E-state index contributed by atoms with van der Waals surface area (Å²) < 4.78 is 10.7. The van der Waals surface area contributed by atoms with Gasteiger partial charge in [0.25, 0.3) is 0 Å². The first-order valence-corrected chi connectivity index (χ1v) is 36.2. The standard InChI is InChI=1S/C89H128O5/c1-3-5-7-9-11-13-15-17-19-21-23-25-27-29-31-33-35-37-39-41-43-44-46-48-50-52-54-56-58-60-62-64-66-68-70-72-74-76-78-80-82-84-89(92)94-87(85-90)86-93-88(91)83-81-79-77-75-73-71-69-67-65-63-61-59-57-55-53-51-49-47-45-42-40-38-36-34-32-30-28-26-24-22-20-18-16-14-12-10-8-6-4-2/h5-8,11-14,17-20,23-26,29-32,35-38,41-43,45-46,48-49,51-52,54-55,57-58,60-61,63-64,66-67,69-70,72-73,75,87,90H,3-4,9-10,15-16,21-22,27-28,33-34,39-40,44,47,50,53,56,59,62,65,68,71,74,76-86H2,1-2H3/b7-5-,8-6-,13-11-,14-12-,19-17-,20-18-,25-23-,26-24-,31-29-,32-30-,37-35-,38-36-,43-41-,45-42-,48-46-,51-49-,54-52-,57-55-,60-58-,63-61-,66-64-,69-67-,72-70-,75-73-. The molecule has 5 nitrogen and oxygen atoms in total. The molecule has 94 heavy (non-hydrogen) atoms. The predicted octanol–water partition coefficient (Wildman–Crippen LogP) is 26.1. The number of allylic oxidation sites excluding steroid dienone is 48. The van der Waals surface area contributed by atoms with Crippen molar-refractivity contribution in [3.05, 3.63) is 292 Å². The highest BCUT2D eigenvalue weighted by atomic mass is 16.6. The van der Waals surface area contributed by atoms with Gasteiger partial charge < -0.3 is 14.6 Å². The van der Waals surface area contributed by atoms with Crippen molar-refractivity contribution in [3.8, 4) is 0 Å². The molecule has 0 saturated carbocycles. The first kappa shape index (κ1) is 86.7. The average Bonchev–Trinajstić information content (AvgIpc) is 3.77. The molecule has 0 heterocycles. The second-order valence-corrected chi connectivity index (χ2v) is 22.5. The SMILES string of the molecule is CC/C=C\C/C=C\C/C=C\C/C=C\C/C=C\C/C=C\C/C=C\C/C=C\C/C=C\C/C=C\C/C=C\C/C=C\CCCCCCC(=O)OC(CO)COC(=O)CCCC/C=C\C/C=C\C/C=C\C/C=C\C/C=C\C/C=C\C/C=C\C/C=C\C/C=C\C/C=C\C/C=C\C/C=C\CC. The smallest absolute Gasteiger partial charge is 0.306 e. The van der Waals surface area contributed by atoms with Crippen LogP contribution in [0.4, 0.5) is 0 Å². The zero-order valence-electron chi connectivity index (χ0n) is 58.8. The van der Waals surface area contributed by atoms with E-state index in [-0.39, 0.29) is 25.2 Å². The maximum Gasteiger partial charge on any atom is 0.306 e. The Hall–Kier alpha value is -7.34. The summed E-state index contributed by atoms with van der Waals surface area (Å²) in [6, 6.07) is 0. The summed E-state index contributed by atoms with van der Waals surface area (Å²) in [6.45, 7) is 3.83. The summed E-state index contributed by atoms with van der Waals surface area (Å²) in [4.78, 5) is 24.6. The van der Waals surface area contributed by atoms with Crippen molar-refractivity contribution in [2.45, 2.75) is 238 Å². The molecule has 0 fully saturated rings. The molecule has 0 saturated heterocycles. The third-order valence-corrected chi connectivity index (χ3v) is 13.9. The molecule has 0 radical (unpaired) electrons. The number of carbonyl (C=O) groups is 2. The van der Waals surface area contributed by atoms with Crippen LogP contribution in [0.15, 0.2) is 292 Å². The first-order chi connectivity index (χ1) is 46.6. The summed E-state index contributed by atoms with van der Waals surface area (Å²) >= 11 is 0. The molecular weight excluding hydrogens is 1150 g/mol. The van der Waals surface area contributed by atoms with Crippen molar-refractivity contribution >= 4 is 11.9 Å². The van der Waals surface area contributed by atoms with E-state index in [2.05, 4.69) is 305 Å². The maximum absolute atomic E-state index is 12.4. The Morgan fingerprint density at radius 3 is 0.649 bits per heavy atom. The molecule has 0 aromatic rings. The van der Waals surface area contributed by atoms with Crippen LogP contribution in [0.2, 0.25) is 0 Å². The van der Waals surface area contributed by atoms with Crippen molar-refractivity contribution in [3.63, 3.8) is 0 Å². The molecule has 0 aliphatic heterocycles. The van der Waals surface area contributed by atoms with E-state index < -0.39 is 6.10 Å². The molecule has 0 amide bonds. The van der Waals surface area contributed by atoms with Crippen LogP contribution in [0.25, 0.3) is 0 Å². The van der Waals surface area contributed by atoms with Crippen LogP contribution in [0.3, 0.4) is 0 Å². The molecule has 0 rings (SSSR count). The molecule has 1 unspecified atom stereocenters. The van der Waals surface area contributed by atoms with E-state index in [1.807, 2.05) is 0 Å². The number of hydrogen-bond donors (Lipinski definition) is 1. The molecular formula is C89H128O5. The number of aliphatic hydroxyl groups excluding tert-OH is 1. The molecule has 0 aliphatic carbocycles. The molecule has 0 aliphatic rings. The lowest BCUT2D eigenvalue weighted by atomic mass is 10.1. The van der Waals surface area contributed by atoms with Gasteiger partial charge in [-0.25, -0.2) is 0 Å². The van der Waals surface area contributed by atoms with E-state index in [4.69, 9.17) is 9.47 Å². The minimum Gasteiger partial charge on any atom is -0.462 e. The summed E-state index contributed by atoms with van der Waals surface area (Å²) in [5.41, 5.74) is 0. The number of ether oxygens (including phenoxy) is 2. The van der Waals surface area contributed by atoms with Gasteiger partial charge in [-0.3, -0.25) is 9.59 Å². The van der Waals surface area contributed by atoms with Gasteiger partial charge in [0, 0.05) is 12.8 Å². The maximum atomic E-state index is 12.4. The van der Waals surface area contributed by atoms with Crippen LogP contribution in [-0.4, -0.2) is 36.4 Å². The van der Waals surface area contributed by atoms with E-state index in [9.17, 15) is 14.7 Å². The van der Waals surface area contributed by atoms with E-state index in [0.29, 0.717) is 12.8 Å². The average molecular weight is 1280 g/mol. The van der Waals surface area contributed by atoms with Gasteiger partial charge in [-0.05, 0) is 193 Å². The number of rotatable bonds is 62. The number of aliphatic hydroxyl groups is 1. The van der Waals surface area contributed by atoms with Crippen molar-refractivity contribution in [2.75, 3.05) is 13.2 Å². The highest BCUT2D eigenvalue weighted by Gasteiger charge is 2.16. The normalized spacial score (nSPS) is 14.0. The molecule has 0 aromatic carbocycles. The Balaban J connectivity index is 3.76. The van der Waals surface area contributed by atoms with Crippen LogP contribution in [0, 0.1) is 0 Å². The van der Waals surface area contributed by atoms with Crippen LogP contribution in [0.5, 0.6) is 0 Å². The Bertz CT molecular complexity index is 2500. The fourth-order valence-electron chi connectivity index (χ4n) is 8.57. The van der Waals surface area contributed by atoms with Gasteiger partial charge in [0.2, 0.25) is 0 Å². The zero-order chi connectivity index (χ0) is 67.5. The predicted molar refractivity (Wildman–Crippen MR) is 416 cm³/mol. The molecule has 5 heteroatoms. The van der Waals surface area contributed by atoms with Crippen molar-refractivity contribution < 1.29 is 24.2 Å². The van der Waals surface area contributed by atoms with Crippen molar-refractivity contribution in [1.29, 1.82) is 0 Å². The Kier molecular flexibility index (Phi) is 73.7. The number of hydrogen-bond acceptors (Lipinski definition) is 5. The molecule has 0 spiro atoms. The Morgan fingerprint density at radius 2 is 0.426 bits per heavy atom. The van der Waals surface area contributed by atoms with Gasteiger partial charge in [-0.15, -0.1) is 0 Å². The minimum absolute atomic E-state index is 0.120. The molecule has 1 N–H and O–H groups in total. The van der Waals surface area contributed by atoms with E-state index in [0.717, 1.165) is 205 Å². The van der Waals surface area contributed by atoms with Gasteiger partial charge in [0.15, 0.2) is 6.10 Å². The fraction of sp³-hybridized carbons (Fsp3) is 0.438. The van der Waals surface area contributed by atoms with Crippen molar-refractivity contribution in [2.24, 2.45) is 0 Å². The van der Waals surface area contributed by atoms with Gasteiger partial charge in [0.05, 0.1) is 6.61 Å². The summed E-state index contributed by atoms with van der Waals surface area (Å²) in [5.74, 6) is -0.697. The summed E-state index contributed by atoms with van der Waals surface area (Å²) in [6.07, 6.45) is 138. The number of esters is 2. The summed E-state index contributed by atoms with van der Waals surface area (Å²) in [5, 5.41) is 9.70. The fourth-order valence-corrected chi connectivity index (χ4v) is 8.57. The lowest BCUT2D eigenvalue weighted by Gasteiger charge is -2.15. The molecule has 0 bridgehead atoms. The minimum atomic E-state index is -0.830. The van der Waals surface area contributed by atoms with Crippen LogP contribution >= 0.6 is 0 Å². The van der Waals surface area contributed by atoms with Crippen LogP contribution < -0.4 is 0 Å². The summed E-state index contributed by atoms with van der Waals surface area (Å²) in [7, 11) is 0. The lowest BCUT2D eigenvalue weighted by Crippen LogP contribution is -2.28. The Morgan fingerprint density at radius 1 is 0.245 bits per heavy atom. The third-order valence-electron chi connectivity index (χ3n) is 13.9. The van der Waals surface area contributed by atoms with Crippen LogP contribution in [0.1, 0.15) is 232 Å². The number of unbranched alkanes of at least 4 members (excludes halogenated alkanes) is 6. The monoisotopic (exact) mass is 1280 g/mol. The van der Waals surface area contributed by atoms with E-state index >= 15 is 0 Å². The van der Waals surface area contributed by atoms with E-state index in [1.54, 1.807) is 0 Å². The van der Waals surface area contributed by atoms with E-state index in [1.165, 1.54) is 0 Å². The van der Waals surface area contributed by atoms with Crippen molar-refractivity contribution in [1.82, 2.24) is 0 Å². The highest BCUT2D eigenvalue weighted by molar-refractivity contribution is 5.70. The van der Waals surface area contributed by atoms with Gasteiger partial charge in [-0.1, -0.05) is 318 Å². The zero-order valence-corrected chi connectivity index (χ0v) is 58.8. The quantitative estimate of drug-likeness (QED) is 0.0373. The highest BCUT2D eigenvalue weighted by Crippen LogP contribution is 2.10. The van der Waals surface area contributed by atoms with Gasteiger partial charge in [-0.2, -0.15) is 0 Å². The van der Waals surface area contributed by atoms with Gasteiger partial charge >= 0.3 is 11.9 Å². The second kappa shape index (κ2) is 79.9. The molecule has 1 atom stereocenters. The molecule has 514 valence electrons. The number of carbonyl (C=O) groups excluding carboxylic acids is 2. The Labute approximate surface area is 576 Å².